The molecule has 0 saturated heterocycles. The van der Waals surface area contributed by atoms with E-state index in [1.54, 1.807) is 17.0 Å². The van der Waals surface area contributed by atoms with Crippen LogP contribution in [-0.4, -0.2) is 21.5 Å². The zero-order valence-electron chi connectivity index (χ0n) is 15.8. The van der Waals surface area contributed by atoms with Crippen LogP contribution in [0.15, 0.2) is 29.3 Å². The second kappa shape index (κ2) is 8.47. The summed E-state index contributed by atoms with van der Waals surface area (Å²) < 4.78 is 1.55. The summed E-state index contributed by atoms with van der Waals surface area (Å²) >= 11 is 0. The molecule has 1 fully saturated rings. The Morgan fingerprint density at radius 3 is 3.00 bits per heavy atom. The van der Waals surface area contributed by atoms with Gasteiger partial charge in [0.25, 0.3) is 5.56 Å². The molecule has 140 valence electrons. The van der Waals surface area contributed by atoms with Crippen molar-refractivity contribution in [3.63, 3.8) is 0 Å². The summed E-state index contributed by atoms with van der Waals surface area (Å²) in [5, 5.41) is 3.81. The lowest BCUT2D eigenvalue weighted by Crippen LogP contribution is -2.38. The number of unbranched alkanes of at least 4 members (excludes halogenated alkanes) is 1. The summed E-state index contributed by atoms with van der Waals surface area (Å²) in [5.41, 5.74) is 1.65. The van der Waals surface area contributed by atoms with E-state index in [1.807, 2.05) is 19.1 Å². The molecule has 2 atom stereocenters. The Morgan fingerprint density at radius 1 is 1.35 bits per heavy atom. The van der Waals surface area contributed by atoms with E-state index in [9.17, 15) is 9.59 Å². The van der Waals surface area contributed by atoms with Gasteiger partial charge in [0.2, 0.25) is 5.91 Å². The smallest absolute Gasteiger partial charge is 0.261 e. The molecule has 0 bridgehead atoms. The summed E-state index contributed by atoms with van der Waals surface area (Å²) in [6.45, 7) is 4.52. The summed E-state index contributed by atoms with van der Waals surface area (Å²) in [5.74, 6) is 0.654. The highest BCUT2D eigenvalue weighted by molar-refractivity contribution is 5.80. The molecule has 1 N–H and O–H groups in total. The highest BCUT2D eigenvalue weighted by atomic mass is 16.2. The van der Waals surface area contributed by atoms with Crippen molar-refractivity contribution in [2.24, 2.45) is 5.92 Å². The normalized spacial score (nSPS) is 19.8. The molecular weight excluding hydrogens is 326 g/mol. The van der Waals surface area contributed by atoms with Crippen LogP contribution in [0.4, 0.5) is 0 Å². The standard InChI is InChI=1S/C21H29N3O2/c1-3-4-8-16-9-6-11-18(16)23-19(25)12-13-24-14-22-20-15(2)7-5-10-17(20)21(24)26/h5,7,10,14,16,18H,3-4,6,8-9,11-13H2,1-2H3,(H,23,25). The van der Waals surface area contributed by atoms with E-state index in [0.717, 1.165) is 17.5 Å². The number of para-hydroxylation sites is 1. The Kier molecular flexibility index (Phi) is 6.07. The number of aryl methyl sites for hydroxylation is 2. The largest absolute Gasteiger partial charge is 0.353 e. The summed E-state index contributed by atoms with van der Waals surface area (Å²) in [4.78, 5) is 29.4. The number of rotatable bonds is 7. The van der Waals surface area contributed by atoms with E-state index in [1.165, 1.54) is 32.1 Å². The summed E-state index contributed by atoms with van der Waals surface area (Å²) in [6.07, 6.45) is 9.01. The fourth-order valence-electron chi connectivity index (χ4n) is 4.04. The molecule has 2 unspecified atom stereocenters. The number of nitrogens with one attached hydrogen (secondary N) is 1. The fraction of sp³-hybridized carbons (Fsp3) is 0.571. The lowest BCUT2D eigenvalue weighted by molar-refractivity contribution is -0.122. The highest BCUT2D eigenvalue weighted by Crippen LogP contribution is 2.29. The number of amides is 1. The molecule has 5 heteroatoms. The van der Waals surface area contributed by atoms with Crippen LogP contribution in [0, 0.1) is 12.8 Å². The molecule has 5 nitrogen and oxygen atoms in total. The van der Waals surface area contributed by atoms with Crippen LogP contribution in [0.3, 0.4) is 0 Å². The van der Waals surface area contributed by atoms with Crippen molar-refractivity contribution in [1.29, 1.82) is 0 Å². The lowest BCUT2D eigenvalue weighted by Gasteiger charge is -2.21. The molecule has 1 aromatic heterocycles. The molecule has 1 saturated carbocycles. The first-order valence-corrected chi connectivity index (χ1v) is 9.84. The third-order valence-corrected chi connectivity index (χ3v) is 5.57. The molecule has 1 aliphatic rings. The van der Waals surface area contributed by atoms with Gasteiger partial charge in [-0.3, -0.25) is 14.2 Å². The van der Waals surface area contributed by atoms with Gasteiger partial charge < -0.3 is 5.32 Å². The molecule has 1 aliphatic carbocycles. The predicted molar refractivity (Wildman–Crippen MR) is 104 cm³/mol. The van der Waals surface area contributed by atoms with E-state index < -0.39 is 0 Å². The maximum Gasteiger partial charge on any atom is 0.261 e. The molecule has 1 amide bonds. The molecule has 0 radical (unpaired) electrons. The van der Waals surface area contributed by atoms with Crippen molar-refractivity contribution >= 4 is 16.8 Å². The monoisotopic (exact) mass is 355 g/mol. The van der Waals surface area contributed by atoms with E-state index in [2.05, 4.69) is 17.2 Å². The van der Waals surface area contributed by atoms with Gasteiger partial charge in [-0.1, -0.05) is 38.3 Å². The summed E-state index contributed by atoms with van der Waals surface area (Å²) in [6, 6.07) is 5.92. The maximum absolute atomic E-state index is 12.6. The molecular formula is C21H29N3O2. The predicted octanol–water partition coefficient (Wildman–Crippen LogP) is 3.57. The Balaban J connectivity index is 1.60. The Morgan fingerprint density at radius 2 is 2.19 bits per heavy atom. The van der Waals surface area contributed by atoms with Crippen LogP contribution in [0.25, 0.3) is 10.9 Å². The van der Waals surface area contributed by atoms with Gasteiger partial charge in [-0.2, -0.15) is 0 Å². The number of hydrogen-bond acceptors (Lipinski definition) is 3. The van der Waals surface area contributed by atoms with Gasteiger partial charge in [0.1, 0.15) is 0 Å². The van der Waals surface area contributed by atoms with Crippen molar-refractivity contribution in [2.45, 2.75) is 71.4 Å². The second-order valence-corrected chi connectivity index (χ2v) is 7.47. The molecule has 3 rings (SSSR count). The first-order chi connectivity index (χ1) is 12.6. The number of hydrogen-bond donors (Lipinski definition) is 1. The van der Waals surface area contributed by atoms with Gasteiger partial charge in [0.15, 0.2) is 0 Å². The van der Waals surface area contributed by atoms with Crippen molar-refractivity contribution in [3.05, 3.63) is 40.4 Å². The zero-order valence-corrected chi connectivity index (χ0v) is 15.8. The average Bonchev–Trinajstić information content (AvgIpc) is 3.07. The number of fused-ring (bicyclic) bond motifs is 1. The second-order valence-electron chi connectivity index (χ2n) is 7.47. The van der Waals surface area contributed by atoms with E-state index in [0.29, 0.717) is 30.3 Å². The lowest BCUT2D eigenvalue weighted by atomic mass is 9.97. The highest BCUT2D eigenvalue weighted by Gasteiger charge is 2.27. The third kappa shape index (κ3) is 4.14. The first-order valence-electron chi connectivity index (χ1n) is 9.84. The molecule has 2 aromatic rings. The van der Waals surface area contributed by atoms with E-state index in [-0.39, 0.29) is 11.5 Å². The van der Waals surface area contributed by atoms with Crippen molar-refractivity contribution in [3.8, 4) is 0 Å². The van der Waals surface area contributed by atoms with Gasteiger partial charge in [-0.25, -0.2) is 4.98 Å². The number of carbonyl (C=O) groups is 1. The van der Waals surface area contributed by atoms with E-state index >= 15 is 0 Å². The molecule has 26 heavy (non-hydrogen) atoms. The number of benzene rings is 1. The Hall–Kier alpha value is -2.17. The Labute approximate surface area is 154 Å². The van der Waals surface area contributed by atoms with Gasteiger partial charge >= 0.3 is 0 Å². The van der Waals surface area contributed by atoms with Crippen LogP contribution in [-0.2, 0) is 11.3 Å². The minimum atomic E-state index is -0.0758. The van der Waals surface area contributed by atoms with Gasteiger partial charge in [0.05, 0.1) is 17.2 Å². The average molecular weight is 355 g/mol. The molecule has 0 aliphatic heterocycles. The quantitative estimate of drug-likeness (QED) is 0.826. The minimum absolute atomic E-state index is 0.0367. The van der Waals surface area contributed by atoms with Crippen LogP contribution >= 0.6 is 0 Å². The summed E-state index contributed by atoms with van der Waals surface area (Å²) in [7, 11) is 0. The van der Waals surface area contributed by atoms with Crippen LogP contribution < -0.4 is 10.9 Å². The molecule has 0 spiro atoms. The SMILES string of the molecule is CCCCC1CCCC1NC(=O)CCn1cnc2c(C)cccc2c1=O. The van der Waals surface area contributed by atoms with Crippen molar-refractivity contribution in [2.75, 3.05) is 0 Å². The molecule has 1 aromatic carbocycles. The van der Waals surface area contributed by atoms with Gasteiger partial charge in [-0.15, -0.1) is 0 Å². The van der Waals surface area contributed by atoms with Gasteiger partial charge in [-0.05, 0) is 43.7 Å². The first kappa shape index (κ1) is 18.6. The van der Waals surface area contributed by atoms with Crippen LogP contribution in [0.5, 0.6) is 0 Å². The maximum atomic E-state index is 12.6. The van der Waals surface area contributed by atoms with E-state index in [4.69, 9.17) is 0 Å². The molecule has 1 heterocycles. The fourth-order valence-corrected chi connectivity index (χ4v) is 4.04. The number of aromatic nitrogens is 2. The number of nitrogens with zero attached hydrogens (tertiary/aromatic N) is 2. The third-order valence-electron chi connectivity index (χ3n) is 5.57. The topological polar surface area (TPSA) is 64.0 Å². The zero-order chi connectivity index (χ0) is 18.5. The van der Waals surface area contributed by atoms with Gasteiger partial charge in [0, 0.05) is 19.0 Å². The van der Waals surface area contributed by atoms with Crippen LogP contribution in [0.1, 0.15) is 57.4 Å². The number of carbonyl (C=O) groups excluding carboxylic acids is 1. The minimum Gasteiger partial charge on any atom is -0.353 e. The Bertz CT molecular complexity index is 828. The van der Waals surface area contributed by atoms with Crippen LogP contribution in [0.2, 0.25) is 0 Å². The van der Waals surface area contributed by atoms with Crippen molar-refractivity contribution in [1.82, 2.24) is 14.9 Å². The van der Waals surface area contributed by atoms with Crippen molar-refractivity contribution < 1.29 is 4.79 Å².